The molecule has 0 unspecified atom stereocenters. The van der Waals surface area contributed by atoms with Crippen molar-refractivity contribution in [2.24, 2.45) is 0 Å². The predicted molar refractivity (Wildman–Crippen MR) is 73.6 cm³/mol. The Kier molecular flexibility index (Phi) is 3.72. The van der Waals surface area contributed by atoms with Crippen LogP contribution >= 0.6 is 15.9 Å². The van der Waals surface area contributed by atoms with Crippen molar-refractivity contribution in [3.8, 4) is 0 Å². The summed E-state index contributed by atoms with van der Waals surface area (Å²) < 4.78 is 39.8. The summed E-state index contributed by atoms with van der Waals surface area (Å²) in [7, 11) is -3.88. The number of aromatic nitrogens is 1. The molecule has 0 amide bonds. The molecule has 8 heteroatoms. The lowest BCUT2D eigenvalue weighted by Crippen LogP contribution is -2.13. The molecule has 1 heterocycles. The van der Waals surface area contributed by atoms with Crippen molar-refractivity contribution >= 4 is 37.3 Å². The minimum atomic E-state index is -3.88. The predicted octanol–water partition coefficient (Wildman–Crippen LogP) is 2.37. The van der Waals surface area contributed by atoms with Crippen molar-refractivity contribution in [2.75, 3.05) is 10.5 Å². The third kappa shape index (κ3) is 3.21. The van der Waals surface area contributed by atoms with Gasteiger partial charge in [-0.2, -0.15) is 0 Å². The fourth-order valence-electron chi connectivity index (χ4n) is 1.34. The molecular weight excluding hydrogens is 337 g/mol. The number of hydrogen-bond acceptors (Lipinski definition) is 4. The highest BCUT2D eigenvalue weighted by molar-refractivity contribution is 9.10. The Bertz CT molecular complexity index is 722. The van der Waals surface area contributed by atoms with Crippen LogP contribution in [0.3, 0.4) is 0 Å². The van der Waals surface area contributed by atoms with Crippen LogP contribution in [-0.2, 0) is 10.0 Å². The van der Waals surface area contributed by atoms with Gasteiger partial charge < -0.3 is 5.73 Å². The molecule has 0 aliphatic carbocycles. The number of nitrogen functional groups attached to an aromatic ring is 1. The maximum absolute atomic E-state index is 13.0. The number of benzene rings is 1. The number of halogens is 2. The van der Waals surface area contributed by atoms with Crippen LogP contribution in [0.5, 0.6) is 0 Å². The Morgan fingerprint density at radius 3 is 2.63 bits per heavy atom. The Hall–Kier alpha value is -1.67. The lowest BCUT2D eigenvalue weighted by Gasteiger charge is -2.09. The van der Waals surface area contributed by atoms with Gasteiger partial charge in [0.1, 0.15) is 10.7 Å². The van der Waals surface area contributed by atoms with E-state index in [1.165, 1.54) is 12.1 Å². The number of sulfonamides is 1. The zero-order chi connectivity index (χ0) is 14.0. The van der Waals surface area contributed by atoms with Gasteiger partial charge in [-0.1, -0.05) is 0 Å². The molecular formula is C11H9BrFN3O2S. The van der Waals surface area contributed by atoms with Gasteiger partial charge in [0, 0.05) is 16.4 Å². The van der Waals surface area contributed by atoms with E-state index in [1.807, 2.05) is 0 Å². The zero-order valence-corrected chi connectivity index (χ0v) is 11.9. The second kappa shape index (κ2) is 5.14. The third-order valence-electron chi connectivity index (χ3n) is 2.24. The number of nitrogens with two attached hydrogens (primary N) is 1. The molecule has 0 saturated carbocycles. The summed E-state index contributed by atoms with van der Waals surface area (Å²) in [6.07, 6.45) is 2.00. The Balaban J connectivity index is 2.33. The van der Waals surface area contributed by atoms with Crippen LogP contribution in [0.2, 0.25) is 0 Å². The van der Waals surface area contributed by atoms with Gasteiger partial charge in [-0.15, -0.1) is 0 Å². The van der Waals surface area contributed by atoms with Gasteiger partial charge in [0.05, 0.1) is 11.9 Å². The lowest BCUT2D eigenvalue weighted by molar-refractivity contribution is 0.592. The molecule has 0 spiro atoms. The van der Waals surface area contributed by atoms with Crippen LogP contribution in [0, 0.1) is 5.82 Å². The van der Waals surface area contributed by atoms with Gasteiger partial charge >= 0.3 is 0 Å². The minimum Gasteiger partial charge on any atom is -0.398 e. The SMILES string of the molecule is Nc1ccc(NS(=O)(=O)c2cncc(F)c2)cc1Br. The molecule has 0 saturated heterocycles. The topological polar surface area (TPSA) is 85.1 Å². The number of nitrogens with one attached hydrogen (secondary N) is 1. The lowest BCUT2D eigenvalue weighted by atomic mass is 10.3. The summed E-state index contributed by atoms with van der Waals surface area (Å²) in [5.74, 6) is -0.721. The molecule has 0 bridgehead atoms. The molecule has 5 nitrogen and oxygen atoms in total. The van der Waals surface area contributed by atoms with Crippen LogP contribution in [0.1, 0.15) is 0 Å². The maximum atomic E-state index is 13.0. The van der Waals surface area contributed by atoms with E-state index in [1.54, 1.807) is 6.07 Å². The summed E-state index contributed by atoms with van der Waals surface area (Å²) in [5.41, 5.74) is 6.39. The molecule has 1 aromatic carbocycles. The van der Waals surface area contributed by atoms with Crippen molar-refractivity contribution in [1.29, 1.82) is 0 Å². The summed E-state index contributed by atoms with van der Waals surface area (Å²) in [4.78, 5) is 3.25. The standard InChI is InChI=1S/C11H9BrFN3O2S/c12-10-4-8(1-2-11(10)14)16-19(17,18)9-3-7(13)5-15-6-9/h1-6,16H,14H2. The molecule has 19 heavy (non-hydrogen) atoms. The van der Waals surface area contributed by atoms with E-state index in [4.69, 9.17) is 5.73 Å². The molecule has 2 rings (SSSR count). The normalized spacial score (nSPS) is 11.3. The molecule has 100 valence electrons. The molecule has 3 N–H and O–H groups in total. The molecule has 0 atom stereocenters. The number of hydrogen-bond donors (Lipinski definition) is 2. The van der Waals surface area contributed by atoms with Gasteiger partial charge in [0.15, 0.2) is 0 Å². The molecule has 1 aromatic heterocycles. The van der Waals surface area contributed by atoms with Crippen molar-refractivity contribution in [1.82, 2.24) is 4.98 Å². The summed E-state index contributed by atoms with van der Waals surface area (Å²) >= 11 is 3.19. The van der Waals surface area contributed by atoms with E-state index in [0.29, 0.717) is 15.8 Å². The fourth-order valence-corrected chi connectivity index (χ4v) is 2.75. The average molecular weight is 346 g/mol. The molecule has 0 aliphatic heterocycles. The van der Waals surface area contributed by atoms with Crippen LogP contribution < -0.4 is 10.5 Å². The minimum absolute atomic E-state index is 0.250. The summed E-state index contributed by atoms with van der Waals surface area (Å²) in [6, 6.07) is 5.46. The van der Waals surface area contributed by atoms with Crippen molar-refractivity contribution in [3.63, 3.8) is 0 Å². The Morgan fingerprint density at radius 2 is 2.00 bits per heavy atom. The number of pyridine rings is 1. The van der Waals surface area contributed by atoms with Gasteiger partial charge in [-0.3, -0.25) is 9.71 Å². The Labute approximate surface area is 117 Å². The monoisotopic (exact) mass is 345 g/mol. The number of anilines is 2. The third-order valence-corrected chi connectivity index (χ3v) is 4.28. The van der Waals surface area contributed by atoms with Crippen molar-refractivity contribution in [2.45, 2.75) is 4.90 Å². The second-order valence-corrected chi connectivity index (χ2v) is 6.22. The Morgan fingerprint density at radius 1 is 1.26 bits per heavy atom. The van der Waals surface area contributed by atoms with E-state index in [0.717, 1.165) is 18.5 Å². The molecule has 0 aliphatic rings. The average Bonchev–Trinajstić information content (AvgIpc) is 2.33. The largest absolute Gasteiger partial charge is 0.398 e. The van der Waals surface area contributed by atoms with E-state index >= 15 is 0 Å². The van der Waals surface area contributed by atoms with Gasteiger partial charge in [0.25, 0.3) is 10.0 Å². The van der Waals surface area contributed by atoms with Crippen LogP contribution in [0.15, 0.2) is 46.0 Å². The highest BCUT2D eigenvalue weighted by atomic mass is 79.9. The van der Waals surface area contributed by atoms with Crippen molar-refractivity contribution in [3.05, 3.63) is 46.9 Å². The first-order valence-corrected chi connectivity index (χ1v) is 7.34. The first-order valence-electron chi connectivity index (χ1n) is 5.07. The van der Waals surface area contributed by atoms with Crippen LogP contribution in [-0.4, -0.2) is 13.4 Å². The fraction of sp³-hybridized carbons (Fsp3) is 0. The molecule has 2 aromatic rings. The quantitative estimate of drug-likeness (QED) is 0.836. The zero-order valence-electron chi connectivity index (χ0n) is 9.47. The van der Waals surface area contributed by atoms with Crippen LogP contribution in [0.25, 0.3) is 0 Å². The van der Waals surface area contributed by atoms with E-state index in [2.05, 4.69) is 25.6 Å². The maximum Gasteiger partial charge on any atom is 0.263 e. The highest BCUT2D eigenvalue weighted by Gasteiger charge is 2.15. The highest BCUT2D eigenvalue weighted by Crippen LogP contribution is 2.25. The molecule has 0 fully saturated rings. The first-order chi connectivity index (χ1) is 8.88. The summed E-state index contributed by atoms with van der Waals surface area (Å²) in [5, 5.41) is 0. The number of rotatable bonds is 3. The van der Waals surface area contributed by atoms with E-state index < -0.39 is 15.8 Å². The first kappa shape index (κ1) is 13.8. The smallest absolute Gasteiger partial charge is 0.263 e. The van der Waals surface area contributed by atoms with Gasteiger partial charge in [-0.25, -0.2) is 12.8 Å². The van der Waals surface area contributed by atoms with E-state index in [-0.39, 0.29) is 4.90 Å². The van der Waals surface area contributed by atoms with E-state index in [9.17, 15) is 12.8 Å². The number of nitrogens with zero attached hydrogens (tertiary/aromatic N) is 1. The molecule has 0 radical (unpaired) electrons. The van der Waals surface area contributed by atoms with Crippen LogP contribution in [0.4, 0.5) is 15.8 Å². The van der Waals surface area contributed by atoms with Crippen molar-refractivity contribution < 1.29 is 12.8 Å². The second-order valence-electron chi connectivity index (χ2n) is 3.68. The van der Waals surface area contributed by atoms with Gasteiger partial charge in [0.2, 0.25) is 0 Å². The van der Waals surface area contributed by atoms with Gasteiger partial charge in [-0.05, 0) is 40.2 Å². The summed E-state index contributed by atoms with van der Waals surface area (Å²) in [6.45, 7) is 0.